The summed E-state index contributed by atoms with van der Waals surface area (Å²) in [5.74, 6) is 1.12. The van der Waals surface area contributed by atoms with Crippen molar-refractivity contribution in [3.63, 3.8) is 0 Å². The summed E-state index contributed by atoms with van der Waals surface area (Å²) in [7, 11) is 0. The fraction of sp³-hybridized carbons (Fsp3) is 0.520. The molecule has 0 aromatic carbocycles. The predicted molar refractivity (Wildman–Crippen MR) is 129 cm³/mol. The average molecular weight is 448 g/mol. The Kier molecular flexibility index (Phi) is 6.37. The molecule has 1 saturated carbocycles. The van der Waals surface area contributed by atoms with E-state index in [4.69, 9.17) is 10.1 Å². The molecule has 1 amide bonds. The van der Waals surface area contributed by atoms with Crippen molar-refractivity contribution in [2.24, 2.45) is 0 Å². The van der Waals surface area contributed by atoms with Gasteiger partial charge in [-0.25, -0.2) is 9.97 Å². The van der Waals surface area contributed by atoms with E-state index in [0.29, 0.717) is 23.8 Å². The van der Waals surface area contributed by atoms with Gasteiger partial charge in [0.15, 0.2) is 11.5 Å². The molecule has 2 aliphatic rings. The van der Waals surface area contributed by atoms with Crippen LogP contribution in [0, 0.1) is 6.92 Å². The predicted octanol–water partition coefficient (Wildman–Crippen LogP) is 2.76. The van der Waals surface area contributed by atoms with Gasteiger partial charge in [-0.05, 0) is 57.5 Å². The van der Waals surface area contributed by atoms with Crippen LogP contribution in [0.3, 0.4) is 0 Å². The highest BCUT2D eigenvalue weighted by molar-refractivity contribution is 6.06. The molecule has 1 saturated heterocycles. The number of aromatic nitrogens is 4. The monoisotopic (exact) mass is 447 g/mol. The number of piperazine rings is 1. The molecule has 8 heteroatoms. The lowest BCUT2D eigenvalue weighted by Gasteiger charge is -2.33. The average Bonchev–Trinajstić information content (AvgIpc) is 3.65. The number of likely N-dealkylation sites (N-methyl/N-ethyl adjacent to an activating group) is 1. The van der Waals surface area contributed by atoms with Gasteiger partial charge in [-0.15, -0.1) is 0 Å². The van der Waals surface area contributed by atoms with E-state index in [1.807, 2.05) is 31.2 Å². The molecule has 0 unspecified atom stereocenters. The van der Waals surface area contributed by atoms with Gasteiger partial charge in [-0.3, -0.25) is 4.79 Å². The van der Waals surface area contributed by atoms with Gasteiger partial charge in [0.2, 0.25) is 0 Å². The van der Waals surface area contributed by atoms with Crippen LogP contribution in [-0.2, 0) is 0 Å². The maximum absolute atomic E-state index is 13.3. The topological polar surface area (TPSA) is 79.2 Å². The molecule has 1 N–H and O–H groups in total. The Hall–Kier alpha value is -2.84. The number of nitrogens with one attached hydrogen (secondary N) is 1. The van der Waals surface area contributed by atoms with Gasteiger partial charge in [-0.2, -0.15) is 9.78 Å². The number of pyridine rings is 2. The second-order valence-electron chi connectivity index (χ2n) is 9.14. The molecule has 0 bridgehead atoms. The number of hydrogen-bond donors (Lipinski definition) is 1. The van der Waals surface area contributed by atoms with E-state index < -0.39 is 0 Å². The molecule has 33 heavy (non-hydrogen) atoms. The van der Waals surface area contributed by atoms with Crippen molar-refractivity contribution in [2.75, 3.05) is 45.8 Å². The standard InChI is InChI=1S/C25H33N7O/c1-3-30-13-15-31(16-14-30)12-6-11-27-25(33)20-17-21(19-8-9-19)28-24-23(20)18(2)29-32(24)22-7-4-5-10-26-22/h4-5,7,10,17,19H,3,6,8-9,11-16H2,1-2H3,(H,27,33). The molecule has 0 atom stereocenters. The lowest BCUT2D eigenvalue weighted by Crippen LogP contribution is -2.46. The first-order chi connectivity index (χ1) is 16.1. The summed E-state index contributed by atoms with van der Waals surface area (Å²) in [6.45, 7) is 11.5. The first-order valence-electron chi connectivity index (χ1n) is 12.2. The second kappa shape index (κ2) is 9.57. The van der Waals surface area contributed by atoms with Gasteiger partial charge >= 0.3 is 0 Å². The molecule has 8 nitrogen and oxygen atoms in total. The number of carbonyl (C=O) groups excluding carboxylic acids is 1. The van der Waals surface area contributed by atoms with E-state index in [9.17, 15) is 4.79 Å². The fourth-order valence-electron chi connectivity index (χ4n) is 4.64. The summed E-state index contributed by atoms with van der Waals surface area (Å²) in [5, 5.41) is 8.67. The Morgan fingerprint density at radius 1 is 1.15 bits per heavy atom. The number of rotatable bonds is 8. The lowest BCUT2D eigenvalue weighted by atomic mass is 10.1. The van der Waals surface area contributed by atoms with Crippen molar-refractivity contribution in [2.45, 2.75) is 39.0 Å². The van der Waals surface area contributed by atoms with E-state index >= 15 is 0 Å². The summed E-state index contributed by atoms with van der Waals surface area (Å²) < 4.78 is 1.77. The zero-order chi connectivity index (χ0) is 22.8. The summed E-state index contributed by atoms with van der Waals surface area (Å²) >= 11 is 0. The number of amides is 1. The fourth-order valence-corrected chi connectivity index (χ4v) is 4.64. The van der Waals surface area contributed by atoms with Crippen molar-refractivity contribution in [1.29, 1.82) is 0 Å². The molecular formula is C25H33N7O. The molecule has 5 rings (SSSR count). The van der Waals surface area contributed by atoms with Crippen LogP contribution in [0.4, 0.5) is 0 Å². The van der Waals surface area contributed by atoms with Crippen LogP contribution in [0.25, 0.3) is 16.9 Å². The first-order valence-corrected chi connectivity index (χ1v) is 12.2. The smallest absolute Gasteiger partial charge is 0.252 e. The quantitative estimate of drug-likeness (QED) is 0.535. The van der Waals surface area contributed by atoms with Gasteiger partial charge < -0.3 is 15.1 Å². The Balaban J connectivity index is 1.32. The van der Waals surface area contributed by atoms with Crippen LogP contribution in [0.15, 0.2) is 30.5 Å². The third-order valence-corrected chi connectivity index (χ3v) is 6.79. The highest BCUT2D eigenvalue weighted by Crippen LogP contribution is 2.40. The van der Waals surface area contributed by atoms with Crippen molar-refractivity contribution in [3.8, 4) is 5.82 Å². The summed E-state index contributed by atoms with van der Waals surface area (Å²) in [6, 6.07) is 7.72. The summed E-state index contributed by atoms with van der Waals surface area (Å²) in [4.78, 5) is 27.6. The van der Waals surface area contributed by atoms with Crippen LogP contribution in [0.1, 0.15) is 53.8 Å². The maximum atomic E-state index is 13.3. The van der Waals surface area contributed by atoms with Gasteiger partial charge in [-0.1, -0.05) is 13.0 Å². The minimum Gasteiger partial charge on any atom is -0.352 e. The third kappa shape index (κ3) is 4.77. The zero-order valence-corrected chi connectivity index (χ0v) is 19.6. The van der Waals surface area contributed by atoms with E-state index in [0.717, 1.165) is 81.0 Å². The van der Waals surface area contributed by atoms with E-state index in [1.54, 1.807) is 10.9 Å². The second-order valence-corrected chi connectivity index (χ2v) is 9.14. The van der Waals surface area contributed by atoms with Gasteiger partial charge in [0.25, 0.3) is 5.91 Å². The highest BCUT2D eigenvalue weighted by Gasteiger charge is 2.29. The van der Waals surface area contributed by atoms with E-state index in [-0.39, 0.29) is 5.91 Å². The van der Waals surface area contributed by atoms with Crippen molar-refractivity contribution >= 4 is 16.9 Å². The number of aryl methyl sites for hydroxylation is 1. The van der Waals surface area contributed by atoms with Crippen molar-refractivity contribution < 1.29 is 4.79 Å². The number of carbonyl (C=O) groups is 1. The molecule has 0 radical (unpaired) electrons. The van der Waals surface area contributed by atoms with Crippen molar-refractivity contribution in [1.82, 2.24) is 34.9 Å². The van der Waals surface area contributed by atoms with Crippen LogP contribution in [0.5, 0.6) is 0 Å². The molecule has 4 heterocycles. The Bertz CT molecular complexity index is 1110. The molecule has 1 aliphatic carbocycles. The molecule has 3 aromatic rings. The zero-order valence-electron chi connectivity index (χ0n) is 19.6. The maximum Gasteiger partial charge on any atom is 0.252 e. The van der Waals surface area contributed by atoms with Crippen molar-refractivity contribution in [3.05, 3.63) is 47.4 Å². The first kappa shape index (κ1) is 22.0. The summed E-state index contributed by atoms with van der Waals surface area (Å²) in [6.07, 6.45) is 4.95. The molecule has 174 valence electrons. The Morgan fingerprint density at radius 2 is 1.94 bits per heavy atom. The molecule has 3 aromatic heterocycles. The number of hydrogen-bond acceptors (Lipinski definition) is 6. The lowest BCUT2D eigenvalue weighted by molar-refractivity contribution is 0.0949. The normalized spacial score (nSPS) is 17.5. The number of nitrogens with zero attached hydrogens (tertiary/aromatic N) is 6. The molecule has 0 spiro atoms. The minimum absolute atomic E-state index is 0.0382. The van der Waals surface area contributed by atoms with Gasteiger partial charge in [0, 0.05) is 50.5 Å². The summed E-state index contributed by atoms with van der Waals surface area (Å²) in [5.41, 5.74) is 3.18. The van der Waals surface area contributed by atoms with Crippen LogP contribution < -0.4 is 5.32 Å². The molecule has 1 aliphatic heterocycles. The minimum atomic E-state index is -0.0382. The van der Waals surface area contributed by atoms with E-state index in [2.05, 4.69) is 27.0 Å². The van der Waals surface area contributed by atoms with Gasteiger partial charge in [0.05, 0.1) is 16.6 Å². The van der Waals surface area contributed by atoms with Crippen LogP contribution >= 0.6 is 0 Å². The molecule has 2 fully saturated rings. The van der Waals surface area contributed by atoms with E-state index in [1.165, 1.54) is 0 Å². The Labute approximate surface area is 195 Å². The SMILES string of the molecule is CCN1CCN(CCCNC(=O)c2cc(C3CC3)nc3c2c(C)nn3-c2ccccn2)CC1. The number of fused-ring (bicyclic) bond motifs is 1. The highest BCUT2D eigenvalue weighted by atomic mass is 16.1. The third-order valence-electron chi connectivity index (χ3n) is 6.79. The largest absolute Gasteiger partial charge is 0.352 e. The van der Waals surface area contributed by atoms with Crippen LogP contribution in [0.2, 0.25) is 0 Å². The van der Waals surface area contributed by atoms with Crippen LogP contribution in [-0.4, -0.2) is 81.3 Å². The Morgan fingerprint density at radius 3 is 2.64 bits per heavy atom. The van der Waals surface area contributed by atoms with Gasteiger partial charge in [0.1, 0.15) is 0 Å². The molecular weight excluding hydrogens is 414 g/mol.